The third-order valence-corrected chi connectivity index (χ3v) is 3.89. The molecular weight excluding hydrogens is 258 g/mol. The van der Waals surface area contributed by atoms with E-state index in [9.17, 15) is 14.9 Å². The summed E-state index contributed by atoms with van der Waals surface area (Å²) in [5, 5.41) is 12.2. The van der Waals surface area contributed by atoms with Gasteiger partial charge in [-0.25, -0.2) is 0 Å². The van der Waals surface area contributed by atoms with Gasteiger partial charge < -0.3 is 0 Å². The molecule has 0 aliphatic rings. The van der Waals surface area contributed by atoms with Crippen LogP contribution in [0.1, 0.15) is 9.67 Å². The fourth-order valence-corrected chi connectivity index (χ4v) is 2.67. The zero-order chi connectivity index (χ0) is 12.3. The first-order valence-corrected chi connectivity index (χ1v) is 6.36. The molecule has 0 saturated carbocycles. The van der Waals surface area contributed by atoms with E-state index in [1.165, 1.54) is 23.5 Å². The second kappa shape index (κ2) is 5.11. The lowest BCUT2D eigenvalue weighted by Gasteiger charge is -1.98. The van der Waals surface area contributed by atoms with Crippen LogP contribution in [-0.2, 0) is 0 Å². The summed E-state index contributed by atoms with van der Waals surface area (Å²) in [5.41, 5.74) is 0.0259. The van der Waals surface area contributed by atoms with Crippen molar-refractivity contribution in [3.8, 4) is 0 Å². The summed E-state index contributed by atoms with van der Waals surface area (Å²) >= 11 is 2.45. The van der Waals surface area contributed by atoms with Crippen molar-refractivity contribution in [2.75, 3.05) is 0 Å². The highest BCUT2D eigenvalue weighted by molar-refractivity contribution is 8.14. The van der Waals surface area contributed by atoms with Crippen LogP contribution in [0.25, 0.3) is 0 Å². The van der Waals surface area contributed by atoms with Gasteiger partial charge in [-0.1, -0.05) is 6.07 Å². The molecule has 6 heteroatoms. The molecule has 0 amide bonds. The summed E-state index contributed by atoms with van der Waals surface area (Å²) in [4.78, 5) is 23.1. The van der Waals surface area contributed by atoms with Gasteiger partial charge in [-0.3, -0.25) is 14.9 Å². The Morgan fingerprint density at radius 2 is 1.94 bits per heavy atom. The smallest absolute Gasteiger partial charge is 0.269 e. The Kier molecular flexibility index (Phi) is 3.55. The first kappa shape index (κ1) is 11.8. The molecule has 4 nitrogen and oxygen atoms in total. The molecule has 0 fully saturated rings. The molecule has 1 aromatic carbocycles. The maximum Gasteiger partial charge on any atom is 0.269 e. The van der Waals surface area contributed by atoms with Crippen molar-refractivity contribution in [3.63, 3.8) is 0 Å². The van der Waals surface area contributed by atoms with E-state index in [0.29, 0.717) is 9.77 Å². The fourth-order valence-electron chi connectivity index (χ4n) is 1.19. The topological polar surface area (TPSA) is 60.2 Å². The van der Waals surface area contributed by atoms with Crippen LogP contribution in [0.3, 0.4) is 0 Å². The molecule has 0 aliphatic heterocycles. The number of rotatable bonds is 3. The number of carbonyl (C=O) groups is 1. The van der Waals surface area contributed by atoms with E-state index in [1.54, 1.807) is 18.2 Å². The zero-order valence-electron chi connectivity index (χ0n) is 8.53. The minimum absolute atomic E-state index is 0.0259. The summed E-state index contributed by atoms with van der Waals surface area (Å²) in [6, 6.07) is 9.51. The predicted octanol–water partition coefficient (Wildman–Crippen LogP) is 3.59. The Morgan fingerprint density at radius 1 is 1.24 bits per heavy atom. The maximum absolute atomic E-state index is 11.7. The van der Waals surface area contributed by atoms with E-state index in [0.717, 1.165) is 11.8 Å². The monoisotopic (exact) mass is 265 g/mol. The van der Waals surface area contributed by atoms with Crippen molar-refractivity contribution in [1.82, 2.24) is 0 Å². The third kappa shape index (κ3) is 2.92. The molecule has 17 heavy (non-hydrogen) atoms. The van der Waals surface area contributed by atoms with Crippen LogP contribution >= 0.6 is 23.1 Å². The van der Waals surface area contributed by atoms with Crippen LogP contribution < -0.4 is 0 Å². The Hall–Kier alpha value is -1.66. The van der Waals surface area contributed by atoms with Crippen molar-refractivity contribution in [3.05, 3.63) is 56.8 Å². The minimum Gasteiger partial charge on any atom is -0.280 e. The quantitative estimate of drug-likeness (QED) is 0.483. The number of hydrogen-bond donors (Lipinski definition) is 0. The SMILES string of the molecule is O=C(Sc1ccc([N+](=O)[O-])cc1)c1cccs1. The molecule has 1 aromatic heterocycles. The van der Waals surface area contributed by atoms with E-state index < -0.39 is 4.92 Å². The maximum atomic E-state index is 11.7. The summed E-state index contributed by atoms with van der Waals surface area (Å²) < 4.78 is 0. The van der Waals surface area contributed by atoms with Crippen LogP contribution in [0.2, 0.25) is 0 Å². The number of carbonyl (C=O) groups excluding carboxylic acids is 1. The van der Waals surface area contributed by atoms with Gasteiger partial charge in [-0.05, 0) is 35.3 Å². The second-order valence-electron chi connectivity index (χ2n) is 3.12. The number of thioether (sulfide) groups is 1. The number of non-ortho nitro benzene ring substituents is 1. The zero-order valence-corrected chi connectivity index (χ0v) is 10.2. The Bertz CT molecular complexity index is 534. The summed E-state index contributed by atoms with van der Waals surface area (Å²) in [7, 11) is 0. The van der Waals surface area contributed by atoms with Crippen molar-refractivity contribution in [2.45, 2.75) is 4.90 Å². The molecule has 0 spiro atoms. The highest BCUT2D eigenvalue weighted by Crippen LogP contribution is 2.26. The molecule has 0 unspecified atom stereocenters. The van der Waals surface area contributed by atoms with E-state index in [2.05, 4.69) is 0 Å². The Balaban J connectivity index is 2.09. The second-order valence-corrected chi connectivity index (χ2v) is 5.11. The Morgan fingerprint density at radius 3 is 2.47 bits per heavy atom. The van der Waals surface area contributed by atoms with Gasteiger partial charge >= 0.3 is 0 Å². The van der Waals surface area contributed by atoms with Gasteiger partial charge in [0.1, 0.15) is 0 Å². The lowest BCUT2D eigenvalue weighted by atomic mass is 10.3. The van der Waals surface area contributed by atoms with Crippen molar-refractivity contribution >= 4 is 33.9 Å². The molecular formula is C11H7NO3S2. The molecule has 0 N–H and O–H groups in total. The molecule has 0 aliphatic carbocycles. The van der Waals surface area contributed by atoms with Crippen molar-refractivity contribution in [2.24, 2.45) is 0 Å². The average molecular weight is 265 g/mol. The van der Waals surface area contributed by atoms with Gasteiger partial charge in [-0.15, -0.1) is 11.3 Å². The number of nitro groups is 1. The van der Waals surface area contributed by atoms with Crippen LogP contribution in [0.4, 0.5) is 5.69 Å². The first-order valence-electron chi connectivity index (χ1n) is 4.67. The van der Waals surface area contributed by atoms with E-state index in [1.807, 2.05) is 11.4 Å². The summed E-state index contributed by atoms with van der Waals surface area (Å²) in [6.45, 7) is 0. The average Bonchev–Trinajstić information content (AvgIpc) is 2.83. The number of benzene rings is 1. The Labute approximate surface area is 105 Å². The van der Waals surface area contributed by atoms with Gasteiger partial charge in [0.05, 0.1) is 9.80 Å². The van der Waals surface area contributed by atoms with Crippen LogP contribution in [0, 0.1) is 10.1 Å². The molecule has 0 atom stereocenters. The van der Waals surface area contributed by atoms with Crippen molar-refractivity contribution in [1.29, 1.82) is 0 Å². The predicted molar refractivity (Wildman–Crippen MR) is 67.6 cm³/mol. The first-order chi connectivity index (χ1) is 8.16. The van der Waals surface area contributed by atoms with Gasteiger partial charge in [0.25, 0.3) is 5.69 Å². The highest BCUT2D eigenvalue weighted by Gasteiger charge is 2.10. The molecule has 2 rings (SSSR count). The number of nitrogens with zero attached hydrogens (tertiary/aromatic N) is 1. The molecule has 1 heterocycles. The molecule has 0 saturated heterocycles. The number of hydrogen-bond acceptors (Lipinski definition) is 5. The minimum atomic E-state index is -0.463. The van der Waals surface area contributed by atoms with Crippen molar-refractivity contribution < 1.29 is 9.72 Å². The highest BCUT2D eigenvalue weighted by atomic mass is 32.2. The normalized spacial score (nSPS) is 10.1. The lowest BCUT2D eigenvalue weighted by molar-refractivity contribution is -0.384. The van der Waals surface area contributed by atoms with Crippen LogP contribution in [0.5, 0.6) is 0 Å². The van der Waals surface area contributed by atoms with E-state index >= 15 is 0 Å². The van der Waals surface area contributed by atoms with Crippen LogP contribution in [0.15, 0.2) is 46.7 Å². The standard InChI is InChI=1S/C11H7NO3S2/c13-11(10-2-1-7-16-10)17-9-5-3-8(4-6-9)12(14)15/h1-7H. The van der Waals surface area contributed by atoms with Gasteiger partial charge in [0, 0.05) is 17.0 Å². The number of thiophene rings is 1. The largest absolute Gasteiger partial charge is 0.280 e. The van der Waals surface area contributed by atoms with E-state index in [-0.39, 0.29) is 10.8 Å². The summed E-state index contributed by atoms with van der Waals surface area (Å²) in [6.07, 6.45) is 0. The molecule has 2 aromatic rings. The number of nitro benzene ring substituents is 1. The molecule has 86 valence electrons. The van der Waals surface area contributed by atoms with Gasteiger partial charge in [0.15, 0.2) is 0 Å². The summed E-state index contributed by atoms with van der Waals surface area (Å²) in [5.74, 6) is 0. The third-order valence-electron chi connectivity index (χ3n) is 1.98. The lowest BCUT2D eigenvalue weighted by Crippen LogP contribution is -1.90. The van der Waals surface area contributed by atoms with E-state index in [4.69, 9.17) is 0 Å². The fraction of sp³-hybridized carbons (Fsp3) is 0. The molecule has 0 bridgehead atoms. The molecule has 0 radical (unpaired) electrons. The van der Waals surface area contributed by atoms with Gasteiger partial charge in [0.2, 0.25) is 5.12 Å². The van der Waals surface area contributed by atoms with Crippen LogP contribution in [-0.4, -0.2) is 10.0 Å². The van der Waals surface area contributed by atoms with Gasteiger partial charge in [-0.2, -0.15) is 0 Å².